The van der Waals surface area contributed by atoms with E-state index in [1.165, 1.54) is 16.7 Å². The molecule has 0 aromatic carbocycles. The molecule has 1 aromatic rings. The molecule has 22 heavy (non-hydrogen) atoms. The van der Waals surface area contributed by atoms with Gasteiger partial charge in [-0.05, 0) is 41.9 Å². The zero-order valence-electron chi connectivity index (χ0n) is 13.0. The van der Waals surface area contributed by atoms with Gasteiger partial charge in [0.2, 0.25) is 5.91 Å². The molecule has 3 heterocycles. The van der Waals surface area contributed by atoms with Crippen LogP contribution in [0.2, 0.25) is 0 Å². The van der Waals surface area contributed by atoms with Gasteiger partial charge in [-0.1, -0.05) is 0 Å². The second-order valence-corrected chi connectivity index (χ2v) is 6.47. The van der Waals surface area contributed by atoms with Gasteiger partial charge in [-0.3, -0.25) is 9.78 Å². The van der Waals surface area contributed by atoms with Crippen LogP contribution in [-0.4, -0.2) is 42.2 Å². The average Bonchev–Trinajstić information content (AvgIpc) is 3.03. The summed E-state index contributed by atoms with van der Waals surface area (Å²) in [5.41, 5.74) is 3.67. The lowest BCUT2D eigenvalue weighted by atomic mass is 9.97. The minimum atomic E-state index is 0.217. The molecule has 3 atom stereocenters. The fourth-order valence-electron chi connectivity index (χ4n) is 3.91. The van der Waals surface area contributed by atoms with Gasteiger partial charge in [0.15, 0.2) is 0 Å². The van der Waals surface area contributed by atoms with Gasteiger partial charge < -0.3 is 14.4 Å². The van der Waals surface area contributed by atoms with Crippen LogP contribution in [0.4, 0.5) is 0 Å². The van der Waals surface area contributed by atoms with E-state index in [0.29, 0.717) is 37.5 Å². The van der Waals surface area contributed by atoms with Crippen molar-refractivity contribution in [3.63, 3.8) is 0 Å². The summed E-state index contributed by atoms with van der Waals surface area (Å²) < 4.78 is 10.9. The average molecular weight is 302 g/mol. The highest BCUT2D eigenvalue weighted by molar-refractivity contribution is 5.83. The summed E-state index contributed by atoms with van der Waals surface area (Å²) in [6, 6.07) is 0. The van der Waals surface area contributed by atoms with Crippen LogP contribution in [0.5, 0.6) is 0 Å². The van der Waals surface area contributed by atoms with E-state index in [4.69, 9.17) is 9.47 Å². The molecule has 4 rings (SSSR count). The number of ether oxygens (including phenoxy) is 2. The highest BCUT2D eigenvalue weighted by atomic mass is 16.5. The van der Waals surface area contributed by atoms with Gasteiger partial charge in [-0.25, -0.2) is 0 Å². The lowest BCUT2D eigenvalue weighted by Crippen LogP contribution is -2.38. The molecule has 1 unspecified atom stereocenters. The summed E-state index contributed by atoms with van der Waals surface area (Å²) >= 11 is 0. The highest BCUT2D eigenvalue weighted by Crippen LogP contribution is 2.51. The van der Waals surface area contributed by atoms with Crippen molar-refractivity contribution in [2.75, 3.05) is 26.4 Å². The Morgan fingerprint density at radius 2 is 2.23 bits per heavy atom. The molecule has 3 aliphatic rings. The molecule has 0 N–H and O–H groups in total. The highest BCUT2D eigenvalue weighted by Gasteiger charge is 2.58. The predicted octanol–water partition coefficient (Wildman–Crippen LogP) is 1.40. The number of pyridine rings is 1. The molecule has 1 aromatic heterocycles. The van der Waals surface area contributed by atoms with E-state index < -0.39 is 0 Å². The molecule has 2 aliphatic heterocycles. The molecule has 2 fully saturated rings. The molecule has 1 amide bonds. The predicted molar refractivity (Wildman–Crippen MR) is 80.0 cm³/mol. The van der Waals surface area contributed by atoms with Crippen LogP contribution >= 0.6 is 0 Å². The Labute approximate surface area is 130 Å². The Kier molecular flexibility index (Phi) is 3.62. The van der Waals surface area contributed by atoms with Crippen molar-refractivity contribution in [1.82, 2.24) is 9.88 Å². The van der Waals surface area contributed by atoms with Crippen molar-refractivity contribution < 1.29 is 14.3 Å². The van der Waals surface area contributed by atoms with Gasteiger partial charge in [-0.15, -0.1) is 0 Å². The molecule has 1 aliphatic carbocycles. The number of nitrogens with zero attached hydrogens (tertiary/aromatic N) is 2. The zero-order chi connectivity index (χ0) is 15.1. The molecule has 5 nitrogen and oxygen atoms in total. The van der Waals surface area contributed by atoms with Crippen LogP contribution in [0.3, 0.4) is 0 Å². The summed E-state index contributed by atoms with van der Waals surface area (Å²) in [5, 5.41) is 0. The third kappa shape index (κ3) is 2.32. The fraction of sp³-hybridized carbons (Fsp3) is 0.647. The van der Waals surface area contributed by atoms with Gasteiger partial charge in [0.05, 0.1) is 19.8 Å². The van der Waals surface area contributed by atoms with Gasteiger partial charge in [-0.2, -0.15) is 0 Å². The minimum Gasteiger partial charge on any atom is -0.381 e. The number of fused-ring (bicyclic) bond motifs is 2. The fourth-order valence-corrected chi connectivity index (χ4v) is 3.91. The Bertz CT molecular complexity index is 579. The van der Waals surface area contributed by atoms with Crippen LogP contribution in [0.1, 0.15) is 23.6 Å². The van der Waals surface area contributed by atoms with E-state index in [1.807, 2.05) is 24.2 Å². The van der Waals surface area contributed by atoms with Crippen LogP contribution in [-0.2, 0) is 33.8 Å². The van der Waals surface area contributed by atoms with Gasteiger partial charge in [0.25, 0.3) is 0 Å². The lowest BCUT2D eigenvalue weighted by molar-refractivity contribution is -0.135. The van der Waals surface area contributed by atoms with Crippen molar-refractivity contribution in [1.29, 1.82) is 0 Å². The summed E-state index contributed by atoms with van der Waals surface area (Å²) in [6.45, 7) is 6.37. The maximum absolute atomic E-state index is 12.7. The number of rotatable bonds is 4. The third-order valence-corrected chi connectivity index (χ3v) is 5.24. The number of carbonyl (C=O) groups excluding carboxylic acids is 1. The monoisotopic (exact) mass is 302 g/mol. The summed E-state index contributed by atoms with van der Waals surface area (Å²) in [6.07, 6.45) is 4.71. The molecule has 118 valence electrons. The molecular weight excluding hydrogens is 280 g/mol. The van der Waals surface area contributed by atoms with E-state index >= 15 is 0 Å². The van der Waals surface area contributed by atoms with Crippen molar-refractivity contribution in [3.05, 3.63) is 29.1 Å². The van der Waals surface area contributed by atoms with Crippen LogP contribution < -0.4 is 0 Å². The van der Waals surface area contributed by atoms with Crippen LogP contribution in [0.25, 0.3) is 0 Å². The lowest BCUT2D eigenvalue weighted by Gasteiger charge is -2.30. The molecule has 0 bridgehead atoms. The van der Waals surface area contributed by atoms with Crippen molar-refractivity contribution >= 4 is 5.91 Å². The van der Waals surface area contributed by atoms with E-state index in [0.717, 1.165) is 26.2 Å². The smallest absolute Gasteiger partial charge is 0.226 e. The number of hydrogen-bond donors (Lipinski definition) is 0. The first-order valence-electron chi connectivity index (χ1n) is 8.18. The van der Waals surface area contributed by atoms with Crippen LogP contribution in [0, 0.1) is 17.8 Å². The number of aromatic nitrogens is 1. The summed E-state index contributed by atoms with van der Waals surface area (Å²) in [4.78, 5) is 19.0. The van der Waals surface area contributed by atoms with Crippen molar-refractivity contribution in [2.24, 2.45) is 17.8 Å². The first-order chi connectivity index (χ1) is 10.8. The first-order valence-corrected chi connectivity index (χ1v) is 8.18. The normalized spacial score (nSPS) is 29.1. The Morgan fingerprint density at radius 3 is 3.00 bits per heavy atom. The Hall–Kier alpha value is -1.46. The zero-order valence-corrected chi connectivity index (χ0v) is 13.0. The standard InChI is InChI=1S/C17H22N2O3/c1-2-21-8-12-6-18-5-11-7-19(4-3-13(11)12)17(20)16-14-9-22-10-15(14)16/h5-6,14-16H,2-4,7-10H2,1H3/t14-,15+,16?. The van der Waals surface area contributed by atoms with E-state index in [1.54, 1.807) is 0 Å². The van der Waals surface area contributed by atoms with Gasteiger partial charge >= 0.3 is 0 Å². The van der Waals surface area contributed by atoms with E-state index in [2.05, 4.69) is 4.98 Å². The Balaban J connectivity index is 1.46. The SMILES string of the molecule is CCOCc1cncc2c1CCN(C(=O)C1[C@H]3COC[C@@H]13)C2. The van der Waals surface area contributed by atoms with Gasteiger partial charge in [0.1, 0.15) is 0 Å². The second-order valence-electron chi connectivity index (χ2n) is 6.47. The maximum Gasteiger partial charge on any atom is 0.226 e. The van der Waals surface area contributed by atoms with Crippen molar-refractivity contribution in [3.8, 4) is 0 Å². The maximum atomic E-state index is 12.7. The molecule has 5 heteroatoms. The first kappa shape index (κ1) is 14.2. The van der Waals surface area contributed by atoms with Crippen LogP contribution in [0.15, 0.2) is 12.4 Å². The van der Waals surface area contributed by atoms with E-state index in [-0.39, 0.29) is 5.92 Å². The largest absolute Gasteiger partial charge is 0.381 e. The summed E-state index contributed by atoms with van der Waals surface area (Å²) in [7, 11) is 0. The van der Waals surface area contributed by atoms with Crippen molar-refractivity contribution in [2.45, 2.75) is 26.5 Å². The van der Waals surface area contributed by atoms with Gasteiger partial charge in [0, 0.05) is 38.0 Å². The van der Waals surface area contributed by atoms with E-state index in [9.17, 15) is 4.79 Å². The molecular formula is C17H22N2O3. The minimum absolute atomic E-state index is 0.217. The summed E-state index contributed by atoms with van der Waals surface area (Å²) in [5.74, 6) is 1.50. The number of carbonyl (C=O) groups is 1. The molecule has 1 saturated heterocycles. The third-order valence-electron chi connectivity index (χ3n) is 5.24. The quantitative estimate of drug-likeness (QED) is 0.843. The molecule has 1 saturated carbocycles. The topological polar surface area (TPSA) is 51.7 Å². The Morgan fingerprint density at radius 1 is 1.41 bits per heavy atom. The second kappa shape index (κ2) is 5.63. The molecule has 0 spiro atoms. The number of hydrogen-bond acceptors (Lipinski definition) is 4. The number of amides is 1. The molecule has 0 radical (unpaired) electrons.